The Morgan fingerprint density at radius 3 is 2.90 bits per heavy atom. The fourth-order valence-corrected chi connectivity index (χ4v) is 5.69. The molecule has 2 fully saturated rings. The van der Waals surface area contributed by atoms with E-state index in [2.05, 4.69) is 54.0 Å². The summed E-state index contributed by atoms with van der Waals surface area (Å²) in [6, 6.07) is 7.93. The van der Waals surface area contributed by atoms with E-state index in [0.717, 1.165) is 0 Å². The van der Waals surface area contributed by atoms with Crippen LogP contribution in [0.2, 0.25) is 0 Å². The SMILES string of the molecule is BrC1C(Nc2ccc3sncc3c2)[C@H]2C[C@@H]1[C@@H]1N=N[C@@H]12. The fourth-order valence-electron chi connectivity index (χ4n) is 4.01. The molecule has 5 rings (SSSR count). The second kappa shape index (κ2) is 4.01. The zero-order valence-electron chi connectivity index (χ0n) is 10.6. The molecule has 0 radical (unpaired) electrons. The third-order valence-corrected chi connectivity index (χ3v) is 7.03. The smallest absolute Gasteiger partial charge is 0.100 e. The van der Waals surface area contributed by atoms with Crippen molar-refractivity contribution in [3.63, 3.8) is 0 Å². The highest BCUT2D eigenvalue weighted by molar-refractivity contribution is 9.09. The first-order valence-corrected chi connectivity index (χ1v) is 8.65. The molecule has 2 unspecified atom stereocenters. The van der Waals surface area contributed by atoms with Crippen LogP contribution in [0, 0.1) is 11.8 Å². The second-order valence-electron chi connectivity index (χ2n) is 5.97. The van der Waals surface area contributed by atoms with Crippen LogP contribution in [0.5, 0.6) is 0 Å². The fraction of sp³-hybridized carbons (Fsp3) is 0.500. The monoisotopic (exact) mass is 348 g/mol. The lowest BCUT2D eigenvalue weighted by Gasteiger charge is -2.39. The van der Waals surface area contributed by atoms with Gasteiger partial charge in [0, 0.05) is 40.0 Å². The van der Waals surface area contributed by atoms with Crippen molar-refractivity contribution in [2.45, 2.75) is 29.4 Å². The number of rotatable bonds is 2. The van der Waals surface area contributed by atoms with Crippen LogP contribution >= 0.6 is 27.5 Å². The third-order valence-electron chi connectivity index (χ3n) is 5.00. The Morgan fingerprint density at radius 1 is 1.20 bits per heavy atom. The Hall–Kier alpha value is -1.01. The topological polar surface area (TPSA) is 49.6 Å². The minimum Gasteiger partial charge on any atom is -0.381 e. The second-order valence-corrected chi connectivity index (χ2v) is 7.86. The quantitative estimate of drug-likeness (QED) is 0.841. The number of alkyl halides is 1. The number of hydrogen-bond acceptors (Lipinski definition) is 5. The molecule has 1 aromatic carbocycles. The van der Waals surface area contributed by atoms with Gasteiger partial charge in [-0.3, -0.25) is 0 Å². The lowest BCUT2D eigenvalue weighted by molar-refractivity contribution is 0.277. The van der Waals surface area contributed by atoms with E-state index in [-0.39, 0.29) is 0 Å². The van der Waals surface area contributed by atoms with Gasteiger partial charge < -0.3 is 5.32 Å². The van der Waals surface area contributed by atoms with Gasteiger partial charge in [-0.15, -0.1) is 0 Å². The third kappa shape index (κ3) is 1.44. The molecule has 6 atom stereocenters. The number of halogens is 1. The molecule has 2 aliphatic carbocycles. The van der Waals surface area contributed by atoms with Crippen LogP contribution in [0.3, 0.4) is 0 Å². The van der Waals surface area contributed by atoms with E-state index in [1.807, 2.05) is 6.20 Å². The summed E-state index contributed by atoms with van der Waals surface area (Å²) in [6.45, 7) is 0. The highest BCUT2D eigenvalue weighted by Gasteiger charge is 2.61. The summed E-state index contributed by atoms with van der Waals surface area (Å²) in [4.78, 5) is 0.504. The van der Waals surface area contributed by atoms with E-state index < -0.39 is 0 Å². The van der Waals surface area contributed by atoms with Crippen molar-refractivity contribution >= 4 is 43.2 Å². The summed E-state index contributed by atoms with van der Waals surface area (Å²) in [7, 11) is 0. The minimum atomic E-state index is 0.463. The predicted molar refractivity (Wildman–Crippen MR) is 83.8 cm³/mol. The van der Waals surface area contributed by atoms with Crippen molar-refractivity contribution in [1.82, 2.24) is 4.37 Å². The average molecular weight is 349 g/mol. The zero-order valence-corrected chi connectivity index (χ0v) is 13.0. The standard InChI is InChI=1S/C14H13BrN4S/c15-11-8-4-9(14-13(8)18-19-14)12(11)17-7-1-2-10-6(3-7)5-16-20-10/h1-3,5,8-9,11-14,17H,4H2/t8-,9+,11?,12?,13-,14+/m0/s1. The van der Waals surface area contributed by atoms with Gasteiger partial charge in [0.25, 0.3) is 0 Å². The normalized spacial score (nSPS) is 40.9. The Balaban J connectivity index is 1.45. The van der Waals surface area contributed by atoms with Crippen LogP contribution in [-0.4, -0.2) is 27.3 Å². The lowest BCUT2D eigenvalue weighted by Crippen LogP contribution is -2.50. The number of azo groups is 1. The molecule has 1 N–H and O–H groups in total. The first-order valence-electron chi connectivity index (χ1n) is 6.96. The van der Waals surface area contributed by atoms with Crippen LogP contribution in [0.25, 0.3) is 10.1 Å². The molecular weight excluding hydrogens is 336 g/mol. The van der Waals surface area contributed by atoms with E-state index in [0.29, 0.717) is 34.8 Å². The molecule has 0 amide bonds. The maximum absolute atomic E-state index is 4.34. The molecule has 0 spiro atoms. The predicted octanol–water partition coefficient (Wildman–Crippen LogP) is 3.69. The van der Waals surface area contributed by atoms with Crippen molar-refractivity contribution in [2.75, 3.05) is 5.32 Å². The van der Waals surface area contributed by atoms with Crippen molar-refractivity contribution in [2.24, 2.45) is 22.1 Å². The first kappa shape index (κ1) is 11.6. The number of aromatic nitrogens is 1. The molecule has 1 aromatic heterocycles. The summed E-state index contributed by atoms with van der Waals surface area (Å²) in [5, 5.41) is 13.6. The van der Waals surface area contributed by atoms with E-state index in [4.69, 9.17) is 0 Å². The molecule has 4 nitrogen and oxygen atoms in total. The van der Waals surface area contributed by atoms with E-state index in [9.17, 15) is 0 Å². The summed E-state index contributed by atoms with van der Waals surface area (Å²) in [6.07, 6.45) is 3.19. The van der Waals surface area contributed by atoms with Crippen molar-refractivity contribution in [3.05, 3.63) is 24.4 Å². The molecule has 6 heteroatoms. The Morgan fingerprint density at radius 2 is 2.05 bits per heavy atom. The van der Waals surface area contributed by atoms with Crippen LogP contribution < -0.4 is 5.32 Å². The molecule has 0 saturated heterocycles. The van der Waals surface area contributed by atoms with Crippen LogP contribution in [0.4, 0.5) is 5.69 Å². The van der Waals surface area contributed by atoms with Crippen LogP contribution in [-0.2, 0) is 0 Å². The van der Waals surface area contributed by atoms with Gasteiger partial charge in [-0.05, 0) is 36.2 Å². The van der Waals surface area contributed by atoms with Gasteiger partial charge in [-0.2, -0.15) is 14.6 Å². The molecule has 2 bridgehead atoms. The molecular formula is C14H13BrN4S. The van der Waals surface area contributed by atoms with Gasteiger partial charge in [-0.25, -0.2) is 0 Å². The van der Waals surface area contributed by atoms with Crippen LogP contribution in [0.15, 0.2) is 34.6 Å². The van der Waals surface area contributed by atoms with Gasteiger partial charge in [0.05, 0.1) is 10.7 Å². The summed E-state index contributed by atoms with van der Waals surface area (Å²) < 4.78 is 5.48. The van der Waals surface area contributed by atoms with Crippen molar-refractivity contribution in [1.29, 1.82) is 0 Å². The number of anilines is 1. The molecule has 2 aromatic rings. The Bertz CT molecular complexity index is 714. The molecule has 102 valence electrons. The van der Waals surface area contributed by atoms with E-state index in [1.165, 1.54) is 22.2 Å². The molecule has 1 aliphatic heterocycles. The van der Waals surface area contributed by atoms with Gasteiger partial charge >= 0.3 is 0 Å². The maximum atomic E-state index is 4.34. The maximum Gasteiger partial charge on any atom is 0.100 e. The zero-order chi connectivity index (χ0) is 13.3. The highest BCUT2D eigenvalue weighted by Crippen LogP contribution is 2.54. The minimum absolute atomic E-state index is 0.463. The average Bonchev–Trinajstić information content (AvgIpc) is 3.03. The van der Waals surface area contributed by atoms with Crippen molar-refractivity contribution < 1.29 is 0 Å². The van der Waals surface area contributed by atoms with E-state index in [1.54, 1.807) is 11.5 Å². The number of fused-ring (bicyclic) bond motifs is 6. The van der Waals surface area contributed by atoms with Crippen LogP contribution in [0.1, 0.15) is 6.42 Å². The number of nitrogens with zero attached hydrogens (tertiary/aromatic N) is 3. The number of benzene rings is 1. The first-order chi connectivity index (χ1) is 9.81. The Kier molecular flexibility index (Phi) is 2.33. The lowest BCUT2D eigenvalue weighted by atomic mass is 9.85. The van der Waals surface area contributed by atoms with Crippen molar-refractivity contribution in [3.8, 4) is 0 Å². The largest absolute Gasteiger partial charge is 0.381 e. The Labute approximate surface area is 129 Å². The van der Waals surface area contributed by atoms with Gasteiger partial charge in [0.1, 0.15) is 6.04 Å². The molecule has 2 heterocycles. The number of hydrogen-bond donors (Lipinski definition) is 1. The van der Waals surface area contributed by atoms with Gasteiger partial charge in [-0.1, -0.05) is 15.9 Å². The summed E-state index contributed by atoms with van der Waals surface area (Å²) >= 11 is 5.44. The van der Waals surface area contributed by atoms with Gasteiger partial charge in [0.15, 0.2) is 0 Å². The summed E-state index contributed by atoms with van der Waals surface area (Å²) in [5.41, 5.74) is 1.19. The molecule has 20 heavy (non-hydrogen) atoms. The van der Waals surface area contributed by atoms with Gasteiger partial charge in [0.2, 0.25) is 0 Å². The number of nitrogens with one attached hydrogen (secondary N) is 1. The highest BCUT2D eigenvalue weighted by atomic mass is 79.9. The summed E-state index contributed by atoms with van der Waals surface area (Å²) in [5.74, 6) is 1.29. The van der Waals surface area contributed by atoms with E-state index >= 15 is 0 Å². The molecule has 3 aliphatic rings. The molecule has 2 saturated carbocycles.